The Balaban J connectivity index is 2.21. The molecule has 17 heavy (non-hydrogen) atoms. The molecule has 0 radical (unpaired) electrons. The normalized spacial score (nSPS) is 17.5. The largest absolute Gasteiger partial charge is 0.330 e. The summed E-state index contributed by atoms with van der Waals surface area (Å²) in [4.78, 5) is 12.3. The molecule has 1 saturated carbocycles. The molecule has 1 aromatic carbocycles. The zero-order chi connectivity index (χ0) is 12.3. The average Bonchev–Trinajstić information content (AvgIpc) is 2.27. The van der Waals surface area contributed by atoms with Crippen LogP contribution in [0.15, 0.2) is 24.3 Å². The third kappa shape index (κ3) is 2.58. The molecular formula is C15H21NO. The third-order valence-corrected chi connectivity index (χ3v) is 3.82. The standard InChI is InChI=1S/C15H21NO/c1-11(9-10-16)15(17)14-8-3-2-7-13(14)12-5-4-6-12/h2-3,7-8,11-12H,4-6,9-10,16H2,1H3. The molecule has 0 saturated heterocycles. The molecule has 2 heteroatoms. The molecule has 1 aliphatic carbocycles. The first-order valence-electron chi connectivity index (χ1n) is 6.57. The molecule has 1 unspecified atom stereocenters. The molecule has 0 bridgehead atoms. The van der Waals surface area contributed by atoms with Crippen molar-refractivity contribution in [2.75, 3.05) is 6.54 Å². The topological polar surface area (TPSA) is 43.1 Å². The summed E-state index contributed by atoms with van der Waals surface area (Å²) in [6.45, 7) is 2.56. The maximum Gasteiger partial charge on any atom is 0.165 e. The Bertz CT molecular complexity index is 396. The number of hydrogen-bond donors (Lipinski definition) is 1. The molecule has 1 aromatic rings. The number of benzene rings is 1. The Morgan fingerprint density at radius 1 is 1.41 bits per heavy atom. The second-order valence-corrected chi connectivity index (χ2v) is 5.06. The van der Waals surface area contributed by atoms with Gasteiger partial charge in [-0.15, -0.1) is 0 Å². The van der Waals surface area contributed by atoms with Crippen molar-refractivity contribution in [3.63, 3.8) is 0 Å². The summed E-state index contributed by atoms with van der Waals surface area (Å²) in [7, 11) is 0. The molecule has 0 heterocycles. The van der Waals surface area contributed by atoms with Crippen LogP contribution in [0.25, 0.3) is 0 Å². The monoisotopic (exact) mass is 231 g/mol. The van der Waals surface area contributed by atoms with Crippen molar-refractivity contribution in [3.05, 3.63) is 35.4 Å². The van der Waals surface area contributed by atoms with Gasteiger partial charge in [0, 0.05) is 11.5 Å². The SMILES string of the molecule is CC(CCN)C(=O)c1ccccc1C1CCC1. The number of ketones is 1. The highest BCUT2D eigenvalue weighted by molar-refractivity contribution is 5.99. The van der Waals surface area contributed by atoms with E-state index in [2.05, 4.69) is 6.07 Å². The van der Waals surface area contributed by atoms with Gasteiger partial charge in [0.15, 0.2) is 5.78 Å². The molecule has 0 amide bonds. The van der Waals surface area contributed by atoms with Crippen LogP contribution in [-0.4, -0.2) is 12.3 Å². The van der Waals surface area contributed by atoms with Crippen LogP contribution in [0.4, 0.5) is 0 Å². The lowest BCUT2D eigenvalue weighted by Gasteiger charge is -2.28. The summed E-state index contributed by atoms with van der Waals surface area (Å²) in [6, 6.07) is 8.10. The van der Waals surface area contributed by atoms with Gasteiger partial charge in [-0.25, -0.2) is 0 Å². The second-order valence-electron chi connectivity index (χ2n) is 5.06. The van der Waals surface area contributed by atoms with Crippen LogP contribution in [0, 0.1) is 5.92 Å². The first-order chi connectivity index (χ1) is 8.24. The van der Waals surface area contributed by atoms with Crippen LogP contribution in [0.2, 0.25) is 0 Å². The van der Waals surface area contributed by atoms with Gasteiger partial charge >= 0.3 is 0 Å². The molecule has 2 N–H and O–H groups in total. The van der Waals surface area contributed by atoms with E-state index in [4.69, 9.17) is 5.73 Å². The molecule has 2 nitrogen and oxygen atoms in total. The maximum absolute atomic E-state index is 12.3. The number of hydrogen-bond acceptors (Lipinski definition) is 2. The Morgan fingerprint density at radius 3 is 2.71 bits per heavy atom. The highest BCUT2D eigenvalue weighted by Gasteiger charge is 2.25. The highest BCUT2D eigenvalue weighted by atomic mass is 16.1. The lowest BCUT2D eigenvalue weighted by atomic mass is 9.76. The molecule has 0 spiro atoms. The van der Waals surface area contributed by atoms with Crippen LogP contribution in [0.5, 0.6) is 0 Å². The Morgan fingerprint density at radius 2 is 2.12 bits per heavy atom. The molecule has 1 atom stereocenters. The zero-order valence-electron chi connectivity index (χ0n) is 10.5. The van der Waals surface area contributed by atoms with Gasteiger partial charge in [-0.3, -0.25) is 4.79 Å². The van der Waals surface area contributed by atoms with E-state index in [1.807, 2.05) is 25.1 Å². The van der Waals surface area contributed by atoms with Crippen LogP contribution in [0.1, 0.15) is 54.4 Å². The zero-order valence-corrected chi connectivity index (χ0v) is 10.5. The fourth-order valence-electron chi connectivity index (χ4n) is 2.44. The van der Waals surface area contributed by atoms with Gasteiger partial charge in [0.2, 0.25) is 0 Å². The van der Waals surface area contributed by atoms with Crippen molar-refractivity contribution < 1.29 is 4.79 Å². The number of nitrogens with two attached hydrogens (primary N) is 1. The lowest BCUT2D eigenvalue weighted by molar-refractivity contribution is 0.0923. The molecule has 92 valence electrons. The fraction of sp³-hybridized carbons (Fsp3) is 0.533. The van der Waals surface area contributed by atoms with Crippen molar-refractivity contribution in [1.29, 1.82) is 0 Å². The summed E-state index contributed by atoms with van der Waals surface area (Å²) in [5.41, 5.74) is 7.71. The van der Waals surface area contributed by atoms with Crippen molar-refractivity contribution in [3.8, 4) is 0 Å². The molecular weight excluding hydrogens is 210 g/mol. The van der Waals surface area contributed by atoms with E-state index in [-0.39, 0.29) is 11.7 Å². The minimum absolute atomic E-state index is 0.0428. The van der Waals surface area contributed by atoms with E-state index in [1.54, 1.807) is 0 Å². The van der Waals surface area contributed by atoms with E-state index < -0.39 is 0 Å². The minimum Gasteiger partial charge on any atom is -0.330 e. The van der Waals surface area contributed by atoms with Gasteiger partial charge in [0.05, 0.1) is 0 Å². The second kappa shape index (κ2) is 5.46. The molecule has 0 aliphatic heterocycles. The Kier molecular flexibility index (Phi) is 3.95. The number of rotatable bonds is 5. The van der Waals surface area contributed by atoms with E-state index in [1.165, 1.54) is 24.8 Å². The first kappa shape index (κ1) is 12.3. The summed E-state index contributed by atoms with van der Waals surface area (Å²) in [5, 5.41) is 0. The third-order valence-electron chi connectivity index (χ3n) is 3.82. The lowest BCUT2D eigenvalue weighted by Crippen LogP contribution is -2.19. The maximum atomic E-state index is 12.3. The highest BCUT2D eigenvalue weighted by Crippen LogP contribution is 2.38. The Labute approximate surface area is 103 Å². The number of carbonyl (C=O) groups is 1. The van der Waals surface area contributed by atoms with Crippen LogP contribution < -0.4 is 5.73 Å². The molecule has 0 aromatic heterocycles. The summed E-state index contributed by atoms with van der Waals surface area (Å²) in [6.07, 6.45) is 4.54. The van der Waals surface area contributed by atoms with Crippen molar-refractivity contribution in [2.45, 2.75) is 38.5 Å². The van der Waals surface area contributed by atoms with Gasteiger partial charge in [-0.2, -0.15) is 0 Å². The summed E-state index contributed by atoms with van der Waals surface area (Å²) < 4.78 is 0. The predicted molar refractivity (Wildman–Crippen MR) is 70.2 cm³/mol. The fourth-order valence-corrected chi connectivity index (χ4v) is 2.44. The summed E-state index contributed by atoms with van der Waals surface area (Å²) in [5.74, 6) is 0.916. The van der Waals surface area contributed by atoms with Crippen LogP contribution in [0.3, 0.4) is 0 Å². The van der Waals surface area contributed by atoms with E-state index in [9.17, 15) is 4.79 Å². The van der Waals surface area contributed by atoms with Crippen molar-refractivity contribution in [2.24, 2.45) is 11.7 Å². The number of carbonyl (C=O) groups excluding carboxylic acids is 1. The smallest absolute Gasteiger partial charge is 0.165 e. The van der Waals surface area contributed by atoms with Crippen molar-refractivity contribution in [1.82, 2.24) is 0 Å². The van der Waals surface area contributed by atoms with Gasteiger partial charge in [-0.1, -0.05) is 37.6 Å². The number of Topliss-reactive ketones (excluding diaryl/α,β-unsaturated/α-hetero) is 1. The van der Waals surface area contributed by atoms with E-state index in [0.29, 0.717) is 12.5 Å². The van der Waals surface area contributed by atoms with Crippen LogP contribution >= 0.6 is 0 Å². The van der Waals surface area contributed by atoms with Gasteiger partial charge in [0.1, 0.15) is 0 Å². The predicted octanol–water partition coefficient (Wildman–Crippen LogP) is 3.12. The van der Waals surface area contributed by atoms with Crippen LogP contribution in [-0.2, 0) is 0 Å². The first-order valence-corrected chi connectivity index (χ1v) is 6.57. The minimum atomic E-state index is 0.0428. The summed E-state index contributed by atoms with van der Waals surface area (Å²) >= 11 is 0. The van der Waals surface area contributed by atoms with E-state index >= 15 is 0 Å². The molecule has 2 rings (SSSR count). The van der Waals surface area contributed by atoms with Crippen molar-refractivity contribution >= 4 is 5.78 Å². The Hall–Kier alpha value is -1.15. The molecule has 1 fully saturated rings. The average molecular weight is 231 g/mol. The molecule has 1 aliphatic rings. The van der Waals surface area contributed by atoms with Gasteiger partial charge in [-0.05, 0) is 37.3 Å². The van der Waals surface area contributed by atoms with Gasteiger partial charge in [0.25, 0.3) is 0 Å². The quantitative estimate of drug-likeness (QED) is 0.791. The van der Waals surface area contributed by atoms with E-state index in [0.717, 1.165) is 12.0 Å². The van der Waals surface area contributed by atoms with Gasteiger partial charge < -0.3 is 5.73 Å².